The van der Waals surface area contributed by atoms with Crippen molar-refractivity contribution in [1.82, 2.24) is 10.6 Å². The van der Waals surface area contributed by atoms with Gasteiger partial charge >= 0.3 is 12.1 Å². The van der Waals surface area contributed by atoms with Crippen molar-refractivity contribution in [2.45, 2.75) is 39.3 Å². The van der Waals surface area contributed by atoms with E-state index in [2.05, 4.69) is 26.6 Å². The molecule has 6 nitrogen and oxygen atoms in total. The largest absolute Gasteiger partial charge is 0.479 e. The average Bonchev–Trinajstić information content (AvgIpc) is 2.65. The van der Waals surface area contributed by atoms with E-state index in [1.165, 1.54) is 12.1 Å². The Hall–Kier alpha value is -2.52. The maximum absolute atomic E-state index is 14.8. The number of benzene rings is 2. The minimum absolute atomic E-state index is 0.00519. The van der Waals surface area contributed by atoms with E-state index in [1.807, 2.05) is 39.0 Å². The number of nitrogens with one attached hydrogen (secondary N) is 2. The zero-order valence-corrected chi connectivity index (χ0v) is 19.8. The third-order valence-electron chi connectivity index (χ3n) is 4.31. The molecule has 0 fully saturated rings. The number of ether oxygens (including phenoxy) is 1. The number of hydrogen-bond acceptors (Lipinski definition) is 4. The maximum atomic E-state index is 14.8. The van der Waals surface area contributed by atoms with Gasteiger partial charge in [0, 0.05) is 10.0 Å². The van der Waals surface area contributed by atoms with E-state index >= 15 is 0 Å². The van der Waals surface area contributed by atoms with Crippen molar-refractivity contribution in [1.29, 1.82) is 0 Å². The van der Waals surface area contributed by atoms with Crippen LogP contribution < -0.4 is 10.6 Å². The molecular formula is C22H24BrFN2O4S. The third-order valence-corrected chi connectivity index (χ3v) is 5.00. The molecule has 0 aliphatic heterocycles. The molecule has 2 rings (SSSR count). The molecule has 0 heterocycles. The molecule has 3 N–H and O–H groups in total. The highest BCUT2D eigenvalue weighted by Gasteiger charge is 2.46. The lowest BCUT2D eigenvalue weighted by Crippen LogP contribution is -2.57. The molecule has 0 aromatic heterocycles. The number of alkyl carbamates (subject to hydrolysis) is 1. The molecule has 0 aliphatic rings. The standard InChI is InChI=1S/C22H24BrFN2O4S/c1-21(2,3)13-22(18(27)28,16-10-9-15(23)11-17(16)24)26-19(31)25-20(29)30-12-14-7-5-4-6-8-14/h4-11H,12-13H2,1-3H3,(H,27,28)(H2,25,26,29,31). The number of carboxylic acids is 1. The molecule has 0 aliphatic carbocycles. The first-order valence-electron chi connectivity index (χ1n) is 9.42. The van der Waals surface area contributed by atoms with Crippen molar-refractivity contribution in [3.8, 4) is 0 Å². The third kappa shape index (κ3) is 7.00. The van der Waals surface area contributed by atoms with Gasteiger partial charge in [0.2, 0.25) is 0 Å². The van der Waals surface area contributed by atoms with Crippen molar-refractivity contribution >= 4 is 45.3 Å². The van der Waals surface area contributed by atoms with Crippen molar-refractivity contribution in [3.63, 3.8) is 0 Å². The first-order chi connectivity index (χ1) is 14.4. The molecule has 1 amide bonds. The van der Waals surface area contributed by atoms with Gasteiger partial charge in [-0.05, 0) is 41.7 Å². The Morgan fingerprint density at radius 3 is 2.35 bits per heavy atom. The van der Waals surface area contributed by atoms with E-state index < -0.39 is 28.8 Å². The van der Waals surface area contributed by atoms with Crippen LogP contribution in [0.25, 0.3) is 0 Å². The summed E-state index contributed by atoms with van der Waals surface area (Å²) in [5.74, 6) is -2.05. The fourth-order valence-electron chi connectivity index (χ4n) is 3.16. The Morgan fingerprint density at radius 1 is 1.16 bits per heavy atom. The lowest BCUT2D eigenvalue weighted by atomic mass is 9.75. The molecule has 9 heteroatoms. The maximum Gasteiger partial charge on any atom is 0.413 e. The summed E-state index contributed by atoms with van der Waals surface area (Å²) in [6.07, 6.45) is -0.859. The van der Waals surface area contributed by atoms with E-state index in [1.54, 1.807) is 18.2 Å². The van der Waals surface area contributed by atoms with Crippen LogP contribution in [-0.2, 0) is 21.7 Å². The summed E-state index contributed by atoms with van der Waals surface area (Å²) in [6, 6.07) is 13.1. The highest BCUT2D eigenvalue weighted by molar-refractivity contribution is 9.10. The Labute approximate surface area is 194 Å². The predicted molar refractivity (Wildman–Crippen MR) is 123 cm³/mol. The van der Waals surface area contributed by atoms with Gasteiger partial charge in [-0.15, -0.1) is 0 Å². The van der Waals surface area contributed by atoms with Gasteiger partial charge in [-0.2, -0.15) is 0 Å². The number of aliphatic carboxylic acids is 1. The smallest absolute Gasteiger partial charge is 0.413 e. The van der Waals surface area contributed by atoms with Crippen LogP contribution in [0.4, 0.5) is 9.18 Å². The molecule has 0 radical (unpaired) electrons. The van der Waals surface area contributed by atoms with Crippen LogP contribution in [0.15, 0.2) is 53.0 Å². The summed E-state index contributed by atoms with van der Waals surface area (Å²) in [4.78, 5) is 24.6. The minimum Gasteiger partial charge on any atom is -0.479 e. The molecule has 31 heavy (non-hydrogen) atoms. The Morgan fingerprint density at radius 2 is 1.81 bits per heavy atom. The lowest BCUT2D eigenvalue weighted by molar-refractivity contribution is -0.146. The van der Waals surface area contributed by atoms with Crippen LogP contribution in [-0.4, -0.2) is 22.3 Å². The number of carboxylic acid groups (broad SMARTS) is 1. The lowest BCUT2D eigenvalue weighted by Gasteiger charge is -2.37. The van der Waals surface area contributed by atoms with E-state index in [-0.39, 0.29) is 23.7 Å². The molecule has 0 bridgehead atoms. The average molecular weight is 511 g/mol. The first kappa shape index (κ1) is 24.7. The Bertz CT molecular complexity index is 966. The number of hydrogen-bond donors (Lipinski definition) is 3. The first-order valence-corrected chi connectivity index (χ1v) is 10.6. The number of carbonyl (C=O) groups is 2. The molecule has 166 valence electrons. The second-order valence-corrected chi connectivity index (χ2v) is 9.54. The second-order valence-electron chi connectivity index (χ2n) is 8.21. The van der Waals surface area contributed by atoms with E-state index in [0.717, 1.165) is 5.56 Å². The van der Waals surface area contributed by atoms with Crippen LogP contribution in [0.5, 0.6) is 0 Å². The highest BCUT2D eigenvalue weighted by Crippen LogP contribution is 2.37. The fraction of sp³-hybridized carbons (Fsp3) is 0.318. The summed E-state index contributed by atoms with van der Waals surface area (Å²) in [5.41, 5.74) is -1.75. The van der Waals surface area contributed by atoms with Crippen molar-refractivity contribution < 1.29 is 23.8 Å². The molecular weight excluding hydrogens is 487 g/mol. The van der Waals surface area contributed by atoms with Crippen molar-refractivity contribution in [3.05, 3.63) is 69.9 Å². The summed E-state index contributed by atoms with van der Waals surface area (Å²) in [6.45, 7) is 5.50. The van der Waals surface area contributed by atoms with Crippen LogP contribution in [0.2, 0.25) is 0 Å². The SMILES string of the molecule is CC(C)(C)CC(NC(=S)NC(=O)OCc1ccccc1)(C(=O)O)c1ccc(Br)cc1F. The zero-order chi connectivity index (χ0) is 23.2. The molecule has 2 aromatic rings. The topological polar surface area (TPSA) is 87.7 Å². The summed E-state index contributed by atoms with van der Waals surface area (Å²) >= 11 is 8.34. The van der Waals surface area contributed by atoms with Gasteiger partial charge < -0.3 is 15.2 Å². The summed E-state index contributed by atoms with van der Waals surface area (Å²) in [5, 5.41) is 14.8. The second kappa shape index (κ2) is 10.2. The van der Waals surface area contributed by atoms with Gasteiger partial charge in [0.05, 0.1) is 0 Å². The van der Waals surface area contributed by atoms with Crippen LogP contribution in [0, 0.1) is 11.2 Å². The molecule has 1 unspecified atom stereocenters. The van der Waals surface area contributed by atoms with E-state index in [0.29, 0.717) is 4.47 Å². The normalized spacial score (nSPS) is 13.1. The van der Waals surface area contributed by atoms with Crippen LogP contribution in [0.3, 0.4) is 0 Å². The number of amides is 1. The molecule has 1 atom stereocenters. The molecule has 0 spiro atoms. The predicted octanol–water partition coefficient (Wildman–Crippen LogP) is 5.11. The minimum atomic E-state index is -1.91. The number of carbonyl (C=O) groups excluding carboxylic acids is 1. The number of halogens is 2. The van der Waals surface area contributed by atoms with Crippen molar-refractivity contribution in [2.24, 2.45) is 5.41 Å². The molecule has 2 aromatic carbocycles. The van der Waals surface area contributed by atoms with Crippen molar-refractivity contribution in [2.75, 3.05) is 0 Å². The number of thiocarbonyl (C=S) groups is 1. The summed E-state index contributed by atoms with van der Waals surface area (Å²) < 4.78 is 20.4. The van der Waals surface area contributed by atoms with Gasteiger partial charge in [-0.25, -0.2) is 14.0 Å². The zero-order valence-electron chi connectivity index (χ0n) is 17.4. The molecule has 0 saturated heterocycles. The molecule has 0 saturated carbocycles. The van der Waals surface area contributed by atoms with E-state index in [9.17, 15) is 19.1 Å². The van der Waals surface area contributed by atoms with Gasteiger partial charge in [-0.1, -0.05) is 73.1 Å². The Balaban J connectivity index is 2.24. The van der Waals surface area contributed by atoms with Gasteiger partial charge in [0.25, 0.3) is 0 Å². The Kier molecular flexibility index (Phi) is 8.14. The van der Waals surface area contributed by atoms with Crippen LogP contribution in [0.1, 0.15) is 38.3 Å². The summed E-state index contributed by atoms with van der Waals surface area (Å²) in [7, 11) is 0. The fourth-order valence-corrected chi connectivity index (χ4v) is 3.75. The monoisotopic (exact) mass is 510 g/mol. The number of rotatable bonds is 6. The quantitative estimate of drug-likeness (QED) is 0.468. The highest BCUT2D eigenvalue weighted by atomic mass is 79.9. The van der Waals surface area contributed by atoms with Crippen LogP contribution >= 0.6 is 28.1 Å². The van der Waals surface area contributed by atoms with E-state index in [4.69, 9.17) is 17.0 Å². The van der Waals surface area contributed by atoms with Gasteiger partial charge in [-0.3, -0.25) is 5.32 Å². The van der Waals surface area contributed by atoms with Gasteiger partial charge in [0.15, 0.2) is 10.7 Å². The van der Waals surface area contributed by atoms with Gasteiger partial charge in [0.1, 0.15) is 12.4 Å².